The van der Waals surface area contributed by atoms with Crippen LogP contribution in [0.3, 0.4) is 0 Å². The maximum atomic E-state index is 11.8. The predicted octanol–water partition coefficient (Wildman–Crippen LogP) is 3.98. The first-order valence-electron chi connectivity index (χ1n) is 6.31. The van der Waals surface area contributed by atoms with Crippen molar-refractivity contribution in [3.8, 4) is 0 Å². The van der Waals surface area contributed by atoms with Crippen LogP contribution in [0.2, 0.25) is 0 Å². The minimum atomic E-state index is -0.385. The second-order valence-corrected chi connectivity index (χ2v) is 6.20. The fourth-order valence-electron chi connectivity index (χ4n) is 1.36. The molecule has 0 spiro atoms. The average Bonchev–Trinajstić information content (AvgIpc) is 2.19. The second-order valence-electron chi connectivity index (χ2n) is 5.10. The molecule has 0 saturated carbocycles. The van der Waals surface area contributed by atoms with Crippen LogP contribution in [0, 0.1) is 0 Å². The third-order valence-electron chi connectivity index (χ3n) is 2.06. The van der Waals surface area contributed by atoms with E-state index in [1.54, 1.807) is 11.8 Å². The normalized spacial score (nSPS) is 11.5. The molecular formula is C13H25FO2S. The van der Waals surface area contributed by atoms with Gasteiger partial charge in [-0.05, 0) is 39.4 Å². The molecule has 0 fully saturated rings. The summed E-state index contributed by atoms with van der Waals surface area (Å²) in [6, 6.07) is 0. The SMILES string of the molecule is CC(C)(C)OC(=O)CSCCCCCCCF. The number of carbonyl (C=O) groups is 1. The highest BCUT2D eigenvalue weighted by molar-refractivity contribution is 7.99. The zero-order chi connectivity index (χ0) is 13.1. The Bertz CT molecular complexity index is 202. The summed E-state index contributed by atoms with van der Waals surface area (Å²) < 4.78 is 17.0. The molecule has 102 valence electrons. The molecule has 0 amide bonds. The van der Waals surface area contributed by atoms with Gasteiger partial charge in [-0.25, -0.2) is 0 Å². The van der Waals surface area contributed by atoms with Crippen molar-refractivity contribution >= 4 is 17.7 Å². The molecule has 0 aliphatic carbocycles. The van der Waals surface area contributed by atoms with Crippen molar-refractivity contribution < 1.29 is 13.9 Å². The smallest absolute Gasteiger partial charge is 0.316 e. The standard InChI is InChI=1S/C13H25FO2S/c1-13(2,3)16-12(15)11-17-10-8-6-4-5-7-9-14/h4-11H2,1-3H3. The molecule has 4 heteroatoms. The number of carbonyl (C=O) groups excluding carboxylic acids is 1. The Balaban J connectivity index is 3.25. The molecular weight excluding hydrogens is 239 g/mol. The van der Waals surface area contributed by atoms with Gasteiger partial charge in [-0.15, -0.1) is 0 Å². The molecule has 0 aromatic carbocycles. The van der Waals surface area contributed by atoms with Gasteiger partial charge in [0, 0.05) is 0 Å². The van der Waals surface area contributed by atoms with Crippen LogP contribution in [0.25, 0.3) is 0 Å². The van der Waals surface area contributed by atoms with Crippen LogP contribution >= 0.6 is 11.8 Å². The first-order valence-corrected chi connectivity index (χ1v) is 7.47. The van der Waals surface area contributed by atoms with Crippen molar-refractivity contribution in [1.29, 1.82) is 0 Å². The highest BCUT2D eigenvalue weighted by Gasteiger charge is 2.15. The second kappa shape index (κ2) is 9.75. The Morgan fingerprint density at radius 2 is 1.71 bits per heavy atom. The van der Waals surface area contributed by atoms with Gasteiger partial charge in [0.25, 0.3) is 0 Å². The van der Waals surface area contributed by atoms with Gasteiger partial charge in [-0.1, -0.05) is 19.3 Å². The van der Waals surface area contributed by atoms with Gasteiger partial charge in [0.1, 0.15) is 5.60 Å². The molecule has 0 aliphatic heterocycles. The number of unbranched alkanes of at least 4 members (excludes halogenated alkanes) is 4. The quantitative estimate of drug-likeness (QED) is 0.465. The molecule has 0 rings (SSSR count). The van der Waals surface area contributed by atoms with Gasteiger partial charge >= 0.3 is 5.97 Å². The van der Waals surface area contributed by atoms with E-state index in [4.69, 9.17) is 4.74 Å². The van der Waals surface area contributed by atoms with Crippen molar-refractivity contribution in [2.75, 3.05) is 18.2 Å². The Morgan fingerprint density at radius 3 is 2.29 bits per heavy atom. The van der Waals surface area contributed by atoms with Crippen LogP contribution in [-0.2, 0) is 9.53 Å². The molecule has 0 atom stereocenters. The monoisotopic (exact) mass is 264 g/mol. The zero-order valence-corrected chi connectivity index (χ0v) is 12.1. The fraction of sp³-hybridized carbons (Fsp3) is 0.923. The largest absolute Gasteiger partial charge is 0.459 e. The third-order valence-corrected chi connectivity index (χ3v) is 3.08. The van der Waals surface area contributed by atoms with Crippen LogP contribution in [-0.4, -0.2) is 29.8 Å². The van der Waals surface area contributed by atoms with E-state index in [1.807, 2.05) is 20.8 Å². The zero-order valence-electron chi connectivity index (χ0n) is 11.3. The molecule has 0 aromatic rings. The number of halogens is 1. The van der Waals surface area contributed by atoms with E-state index in [0.717, 1.165) is 31.4 Å². The van der Waals surface area contributed by atoms with E-state index in [2.05, 4.69) is 0 Å². The van der Waals surface area contributed by atoms with Gasteiger partial charge in [0.2, 0.25) is 0 Å². The first-order chi connectivity index (χ1) is 7.95. The van der Waals surface area contributed by atoms with E-state index >= 15 is 0 Å². The molecule has 0 aromatic heterocycles. The molecule has 17 heavy (non-hydrogen) atoms. The van der Waals surface area contributed by atoms with Gasteiger partial charge in [-0.2, -0.15) is 11.8 Å². The van der Waals surface area contributed by atoms with Crippen LogP contribution in [0.15, 0.2) is 0 Å². The Morgan fingerprint density at radius 1 is 1.12 bits per heavy atom. The highest BCUT2D eigenvalue weighted by atomic mass is 32.2. The minimum absolute atomic E-state index is 0.139. The fourth-order valence-corrected chi connectivity index (χ4v) is 2.13. The van der Waals surface area contributed by atoms with Crippen molar-refractivity contribution in [2.24, 2.45) is 0 Å². The number of esters is 1. The number of ether oxygens (including phenoxy) is 1. The molecule has 0 heterocycles. The lowest BCUT2D eigenvalue weighted by molar-refractivity contribution is -0.151. The predicted molar refractivity (Wildman–Crippen MR) is 72.2 cm³/mol. The van der Waals surface area contributed by atoms with E-state index in [9.17, 15) is 9.18 Å². The average molecular weight is 264 g/mol. The molecule has 0 bridgehead atoms. The molecule has 0 N–H and O–H groups in total. The first kappa shape index (κ1) is 16.8. The van der Waals surface area contributed by atoms with E-state index in [0.29, 0.717) is 12.2 Å². The van der Waals surface area contributed by atoms with Gasteiger partial charge < -0.3 is 4.74 Å². The van der Waals surface area contributed by atoms with Crippen molar-refractivity contribution in [3.63, 3.8) is 0 Å². The van der Waals surface area contributed by atoms with E-state index < -0.39 is 0 Å². The summed E-state index contributed by atoms with van der Waals surface area (Å²) in [4.78, 5) is 11.3. The van der Waals surface area contributed by atoms with Crippen molar-refractivity contribution in [3.05, 3.63) is 0 Å². The van der Waals surface area contributed by atoms with E-state index in [-0.39, 0.29) is 18.2 Å². The molecule has 0 radical (unpaired) electrons. The number of alkyl halides is 1. The Labute approximate surface area is 109 Å². The third kappa shape index (κ3) is 13.7. The number of hydrogen-bond acceptors (Lipinski definition) is 3. The summed E-state index contributed by atoms with van der Waals surface area (Å²) in [7, 11) is 0. The number of thioether (sulfide) groups is 1. The lowest BCUT2D eigenvalue weighted by Crippen LogP contribution is -2.25. The summed E-state index contributed by atoms with van der Waals surface area (Å²) in [5, 5.41) is 0. The number of rotatable bonds is 9. The van der Waals surface area contributed by atoms with Crippen LogP contribution in [0.4, 0.5) is 4.39 Å². The molecule has 0 saturated heterocycles. The van der Waals surface area contributed by atoms with Gasteiger partial charge in [-0.3, -0.25) is 9.18 Å². The maximum Gasteiger partial charge on any atom is 0.316 e. The summed E-state index contributed by atoms with van der Waals surface area (Å²) in [5.74, 6) is 1.27. The number of hydrogen-bond donors (Lipinski definition) is 0. The highest BCUT2D eigenvalue weighted by Crippen LogP contribution is 2.12. The topological polar surface area (TPSA) is 26.3 Å². The Hall–Kier alpha value is -0.250. The van der Waals surface area contributed by atoms with Crippen molar-refractivity contribution in [2.45, 2.75) is 58.5 Å². The maximum absolute atomic E-state index is 11.8. The summed E-state index contributed by atoms with van der Waals surface area (Å²) in [6.07, 6.45) is 4.98. The van der Waals surface area contributed by atoms with Crippen LogP contribution in [0.5, 0.6) is 0 Å². The summed E-state index contributed by atoms with van der Waals surface area (Å²) in [5.41, 5.74) is -0.385. The molecule has 0 unspecified atom stereocenters. The van der Waals surface area contributed by atoms with Gasteiger partial charge in [0.15, 0.2) is 0 Å². The van der Waals surface area contributed by atoms with Gasteiger partial charge in [0.05, 0.1) is 12.4 Å². The molecule has 2 nitrogen and oxygen atoms in total. The van der Waals surface area contributed by atoms with Crippen LogP contribution < -0.4 is 0 Å². The Kier molecular flexibility index (Phi) is 9.60. The summed E-state index contributed by atoms with van der Waals surface area (Å²) >= 11 is 1.62. The van der Waals surface area contributed by atoms with Crippen molar-refractivity contribution in [1.82, 2.24) is 0 Å². The summed E-state index contributed by atoms with van der Waals surface area (Å²) in [6.45, 7) is 5.43. The lowest BCUT2D eigenvalue weighted by atomic mass is 10.2. The van der Waals surface area contributed by atoms with E-state index in [1.165, 1.54) is 0 Å². The van der Waals surface area contributed by atoms with Crippen LogP contribution in [0.1, 0.15) is 52.9 Å². The lowest BCUT2D eigenvalue weighted by Gasteiger charge is -2.19. The minimum Gasteiger partial charge on any atom is -0.459 e. The molecule has 0 aliphatic rings.